The number of hydrogen-bond acceptors (Lipinski definition) is 5. The lowest BCUT2D eigenvalue weighted by Gasteiger charge is -2.39. The molecule has 3 rings (SSSR count). The van der Waals surface area contributed by atoms with Crippen LogP contribution in [0.5, 0.6) is 5.88 Å². The van der Waals surface area contributed by atoms with Crippen molar-refractivity contribution in [3.63, 3.8) is 0 Å². The zero-order chi connectivity index (χ0) is 12.7. The minimum absolute atomic E-state index is 0.350. The van der Waals surface area contributed by atoms with Crippen LogP contribution in [-0.4, -0.2) is 35.2 Å². The molecule has 0 radical (unpaired) electrons. The second-order valence-electron chi connectivity index (χ2n) is 5.36. The highest BCUT2D eigenvalue weighted by atomic mass is 16.5. The molecule has 2 aliphatic heterocycles. The molecule has 0 saturated carbocycles. The Morgan fingerprint density at radius 3 is 2.56 bits per heavy atom. The Balaban J connectivity index is 1.96. The molecule has 18 heavy (non-hydrogen) atoms. The molecule has 98 valence electrons. The number of piperidine rings is 1. The summed E-state index contributed by atoms with van der Waals surface area (Å²) in [6, 6.07) is 1.43. The van der Waals surface area contributed by atoms with E-state index in [9.17, 15) is 0 Å². The van der Waals surface area contributed by atoms with Crippen molar-refractivity contribution in [2.24, 2.45) is 5.73 Å². The lowest BCUT2D eigenvalue weighted by Crippen LogP contribution is -2.48. The van der Waals surface area contributed by atoms with E-state index in [-0.39, 0.29) is 0 Å². The van der Waals surface area contributed by atoms with Crippen molar-refractivity contribution in [1.82, 2.24) is 9.97 Å². The summed E-state index contributed by atoms with van der Waals surface area (Å²) >= 11 is 0. The van der Waals surface area contributed by atoms with Gasteiger partial charge in [-0.2, -0.15) is 0 Å². The van der Waals surface area contributed by atoms with Crippen molar-refractivity contribution < 1.29 is 4.74 Å². The first-order chi connectivity index (χ1) is 8.70. The largest absolute Gasteiger partial charge is 0.481 e. The Hall–Kier alpha value is -1.36. The van der Waals surface area contributed by atoms with Crippen molar-refractivity contribution in [3.05, 3.63) is 11.9 Å². The third-order valence-corrected chi connectivity index (χ3v) is 4.22. The van der Waals surface area contributed by atoms with Crippen LogP contribution < -0.4 is 15.4 Å². The summed E-state index contributed by atoms with van der Waals surface area (Å²) in [5, 5.41) is 0. The second kappa shape index (κ2) is 4.39. The van der Waals surface area contributed by atoms with Crippen LogP contribution in [0.25, 0.3) is 0 Å². The van der Waals surface area contributed by atoms with Crippen LogP contribution in [-0.2, 0) is 0 Å². The number of aromatic nitrogens is 2. The predicted octanol–water partition coefficient (Wildman–Crippen LogP) is 1.25. The van der Waals surface area contributed by atoms with Crippen molar-refractivity contribution in [1.29, 1.82) is 0 Å². The Kier molecular flexibility index (Phi) is 2.86. The van der Waals surface area contributed by atoms with Crippen molar-refractivity contribution in [2.75, 3.05) is 12.0 Å². The van der Waals surface area contributed by atoms with Crippen LogP contribution in [0.3, 0.4) is 0 Å². The Morgan fingerprint density at radius 2 is 1.94 bits per heavy atom. The minimum Gasteiger partial charge on any atom is -0.481 e. The maximum absolute atomic E-state index is 6.11. The van der Waals surface area contributed by atoms with E-state index in [1.807, 2.05) is 6.92 Å². The highest BCUT2D eigenvalue weighted by Gasteiger charge is 2.41. The fraction of sp³-hybridized carbons (Fsp3) is 0.692. The van der Waals surface area contributed by atoms with Gasteiger partial charge in [-0.15, -0.1) is 0 Å². The highest BCUT2D eigenvalue weighted by Crippen LogP contribution is 2.40. The van der Waals surface area contributed by atoms with Crippen molar-refractivity contribution >= 4 is 5.82 Å². The van der Waals surface area contributed by atoms with E-state index >= 15 is 0 Å². The monoisotopic (exact) mass is 248 g/mol. The van der Waals surface area contributed by atoms with Gasteiger partial charge in [0.2, 0.25) is 5.88 Å². The van der Waals surface area contributed by atoms with Gasteiger partial charge in [-0.3, -0.25) is 0 Å². The molecule has 1 aromatic rings. The third-order valence-electron chi connectivity index (χ3n) is 4.22. The first kappa shape index (κ1) is 11.7. The van der Waals surface area contributed by atoms with E-state index in [0.717, 1.165) is 24.2 Å². The van der Waals surface area contributed by atoms with Gasteiger partial charge in [0.1, 0.15) is 12.1 Å². The van der Waals surface area contributed by atoms with E-state index in [2.05, 4.69) is 14.9 Å². The molecular weight excluding hydrogens is 228 g/mol. The average Bonchev–Trinajstić information content (AvgIpc) is 2.62. The van der Waals surface area contributed by atoms with E-state index in [1.54, 1.807) is 13.4 Å². The zero-order valence-electron chi connectivity index (χ0n) is 11.0. The molecule has 2 aliphatic rings. The topological polar surface area (TPSA) is 64.3 Å². The number of rotatable bonds is 2. The highest BCUT2D eigenvalue weighted by molar-refractivity contribution is 5.53. The van der Waals surface area contributed by atoms with Crippen LogP contribution in [0, 0.1) is 6.92 Å². The van der Waals surface area contributed by atoms with Gasteiger partial charge in [-0.05, 0) is 32.6 Å². The van der Waals surface area contributed by atoms with Gasteiger partial charge in [0.25, 0.3) is 0 Å². The predicted molar refractivity (Wildman–Crippen MR) is 69.8 cm³/mol. The number of methoxy groups -OCH3 is 1. The fourth-order valence-electron chi connectivity index (χ4n) is 3.46. The quantitative estimate of drug-likeness (QED) is 0.853. The van der Waals surface area contributed by atoms with E-state index in [0.29, 0.717) is 24.0 Å². The summed E-state index contributed by atoms with van der Waals surface area (Å²) in [5.41, 5.74) is 7.14. The normalized spacial score (nSPS) is 30.6. The number of nitrogens with zero attached hydrogens (tertiary/aromatic N) is 3. The first-order valence-corrected chi connectivity index (χ1v) is 6.60. The summed E-state index contributed by atoms with van der Waals surface area (Å²) in [7, 11) is 1.65. The molecular formula is C13H20N4O. The standard InChI is InChI=1S/C13H20N4O/c1-8-12(15-7-16-13(8)18-2)17-10-3-4-11(17)6-9(14)5-10/h7,9-11H,3-6,14H2,1-2H3. The lowest BCUT2D eigenvalue weighted by molar-refractivity contribution is 0.388. The molecule has 2 saturated heterocycles. The Labute approximate surface area is 107 Å². The SMILES string of the molecule is COc1ncnc(N2C3CCC2CC(N)C3)c1C. The molecule has 2 fully saturated rings. The van der Waals surface area contributed by atoms with Gasteiger partial charge >= 0.3 is 0 Å². The van der Waals surface area contributed by atoms with Crippen LogP contribution in [0.1, 0.15) is 31.2 Å². The molecule has 2 bridgehead atoms. The summed E-state index contributed by atoms with van der Waals surface area (Å²) in [5.74, 6) is 1.70. The second-order valence-corrected chi connectivity index (χ2v) is 5.36. The van der Waals surface area contributed by atoms with Crippen molar-refractivity contribution in [2.45, 2.75) is 50.7 Å². The van der Waals surface area contributed by atoms with Crippen LogP contribution in [0.15, 0.2) is 6.33 Å². The van der Waals surface area contributed by atoms with E-state index < -0.39 is 0 Å². The number of nitrogens with two attached hydrogens (primary N) is 1. The number of fused-ring (bicyclic) bond motifs is 2. The summed E-state index contributed by atoms with van der Waals surface area (Å²) in [4.78, 5) is 11.1. The molecule has 0 aromatic carbocycles. The van der Waals surface area contributed by atoms with Gasteiger partial charge in [-0.1, -0.05) is 0 Å². The van der Waals surface area contributed by atoms with Crippen LogP contribution in [0.4, 0.5) is 5.82 Å². The molecule has 2 unspecified atom stereocenters. The molecule has 0 aliphatic carbocycles. The third kappa shape index (κ3) is 1.73. The molecule has 3 heterocycles. The fourth-order valence-corrected chi connectivity index (χ4v) is 3.46. The van der Waals surface area contributed by atoms with E-state index in [1.165, 1.54) is 12.8 Å². The molecule has 1 aromatic heterocycles. The minimum atomic E-state index is 0.350. The van der Waals surface area contributed by atoms with Gasteiger partial charge in [0.15, 0.2) is 0 Å². The Bertz CT molecular complexity index is 437. The lowest BCUT2D eigenvalue weighted by atomic mass is 9.98. The number of ether oxygens (including phenoxy) is 1. The number of anilines is 1. The maximum atomic E-state index is 6.11. The maximum Gasteiger partial charge on any atom is 0.221 e. The Morgan fingerprint density at radius 1 is 1.28 bits per heavy atom. The average molecular weight is 248 g/mol. The smallest absolute Gasteiger partial charge is 0.221 e. The van der Waals surface area contributed by atoms with Gasteiger partial charge in [0.05, 0.1) is 12.7 Å². The van der Waals surface area contributed by atoms with Gasteiger partial charge < -0.3 is 15.4 Å². The van der Waals surface area contributed by atoms with Crippen molar-refractivity contribution in [3.8, 4) is 5.88 Å². The zero-order valence-corrected chi connectivity index (χ0v) is 11.0. The summed E-state index contributed by atoms with van der Waals surface area (Å²) in [6.07, 6.45) is 6.19. The van der Waals surface area contributed by atoms with E-state index in [4.69, 9.17) is 10.5 Å². The molecule has 2 atom stereocenters. The number of hydrogen-bond donors (Lipinski definition) is 1. The molecule has 2 N–H and O–H groups in total. The molecule has 0 amide bonds. The van der Waals surface area contributed by atoms with Crippen LogP contribution in [0.2, 0.25) is 0 Å². The van der Waals surface area contributed by atoms with Gasteiger partial charge in [0, 0.05) is 18.1 Å². The first-order valence-electron chi connectivity index (χ1n) is 6.60. The molecule has 0 spiro atoms. The summed E-state index contributed by atoms with van der Waals surface area (Å²) < 4.78 is 5.29. The van der Waals surface area contributed by atoms with Crippen LogP contribution >= 0.6 is 0 Å². The van der Waals surface area contributed by atoms with Gasteiger partial charge in [-0.25, -0.2) is 9.97 Å². The summed E-state index contributed by atoms with van der Waals surface area (Å²) in [6.45, 7) is 2.03. The molecule has 5 nitrogen and oxygen atoms in total. The molecule has 5 heteroatoms.